The summed E-state index contributed by atoms with van der Waals surface area (Å²) in [6.45, 7) is 12.3. The van der Waals surface area contributed by atoms with Crippen LogP contribution in [0.2, 0.25) is 0 Å². The highest BCUT2D eigenvalue weighted by Crippen LogP contribution is 2.29. The molecule has 4 rings (SSSR count). The molecular weight excluding hydrogens is 434 g/mol. The van der Waals surface area contributed by atoms with Crippen molar-refractivity contribution in [1.82, 2.24) is 20.1 Å². The summed E-state index contributed by atoms with van der Waals surface area (Å²) in [6.07, 6.45) is 3.74. The van der Waals surface area contributed by atoms with Gasteiger partial charge in [-0.15, -0.1) is 0 Å². The fraction of sp³-hybridized carbons (Fsp3) is 0.760. The third-order valence-electron chi connectivity index (χ3n) is 7.17. The Morgan fingerprint density at radius 1 is 1.06 bits per heavy atom. The second-order valence-corrected chi connectivity index (χ2v) is 11.0. The third kappa shape index (κ3) is 6.59. The Kier molecular flexibility index (Phi) is 7.97. The SMILES string of the molecule is CC(C)(C)OC(=O)N1CCC(CN2CCN(c3ccc(C4CCC(O)NC4O)cn3)CC2)CC1. The fourth-order valence-corrected chi connectivity index (χ4v) is 5.19. The minimum Gasteiger partial charge on any atom is -0.444 e. The second kappa shape index (κ2) is 10.8. The minimum atomic E-state index is -0.740. The lowest BCUT2D eigenvalue weighted by Gasteiger charge is -2.39. The first-order valence-corrected chi connectivity index (χ1v) is 12.7. The lowest BCUT2D eigenvalue weighted by Crippen LogP contribution is -2.49. The van der Waals surface area contributed by atoms with Crippen molar-refractivity contribution in [3.63, 3.8) is 0 Å². The van der Waals surface area contributed by atoms with Crippen LogP contribution in [0.5, 0.6) is 0 Å². The Labute approximate surface area is 203 Å². The number of hydrogen-bond acceptors (Lipinski definition) is 8. The smallest absolute Gasteiger partial charge is 0.410 e. The van der Waals surface area contributed by atoms with E-state index in [9.17, 15) is 15.0 Å². The van der Waals surface area contributed by atoms with Gasteiger partial charge in [-0.25, -0.2) is 9.78 Å². The summed E-state index contributed by atoms with van der Waals surface area (Å²) in [7, 11) is 0. The number of aromatic nitrogens is 1. The highest BCUT2D eigenvalue weighted by atomic mass is 16.6. The van der Waals surface area contributed by atoms with Crippen LogP contribution < -0.4 is 10.2 Å². The Balaban J connectivity index is 1.20. The highest BCUT2D eigenvalue weighted by molar-refractivity contribution is 5.68. The fourth-order valence-electron chi connectivity index (χ4n) is 5.19. The number of piperidine rings is 2. The Hall–Kier alpha value is -1.94. The zero-order valence-electron chi connectivity index (χ0n) is 20.8. The summed E-state index contributed by atoms with van der Waals surface area (Å²) in [5.74, 6) is 1.56. The predicted octanol–water partition coefficient (Wildman–Crippen LogP) is 1.95. The van der Waals surface area contributed by atoms with Crippen molar-refractivity contribution in [3.05, 3.63) is 23.9 Å². The standard InChI is InChI=1S/C25H41N5O4/c1-25(2,3)34-24(33)30-10-8-18(9-11-30)17-28-12-14-29(15-13-28)21-6-4-19(16-26-21)20-5-7-22(31)27-23(20)32/h4,6,16,18,20,22-23,27,31-32H,5,7-15,17H2,1-3H3. The average Bonchev–Trinajstić information content (AvgIpc) is 2.79. The number of nitrogens with zero attached hydrogens (tertiary/aromatic N) is 4. The van der Waals surface area contributed by atoms with Gasteiger partial charge in [0.2, 0.25) is 0 Å². The van der Waals surface area contributed by atoms with Gasteiger partial charge in [0.05, 0.1) is 0 Å². The molecule has 34 heavy (non-hydrogen) atoms. The van der Waals surface area contributed by atoms with E-state index < -0.39 is 18.1 Å². The van der Waals surface area contributed by atoms with E-state index >= 15 is 0 Å². The molecule has 3 N–H and O–H groups in total. The molecule has 190 valence electrons. The molecule has 0 aromatic carbocycles. The van der Waals surface area contributed by atoms with Crippen LogP contribution >= 0.6 is 0 Å². The molecule has 3 unspecified atom stereocenters. The van der Waals surface area contributed by atoms with Crippen molar-refractivity contribution < 1.29 is 19.7 Å². The van der Waals surface area contributed by atoms with Crippen molar-refractivity contribution in [1.29, 1.82) is 0 Å². The van der Waals surface area contributed by atoms with Gasteiger partial charge in [0, 0.05) is 57.9 Å². The monoisotopic (exact) mass is 475 g/mol. The number of nitrogens with one attached hydrogen (secondary N) is 1. The van der Waals surface area contributed by atoms with Crippen molar-refractivity contribution in [2.24, 2.45) is 5.92 Å². The molecule has 0 bridgehead atoms. The van der Waals surface area contributed by atoms with Crippen LogP contribution in [-0.4, -0.2) is 95.0 Å². The maximum absolute atomic E-state index is 12.3. The van der Waals surface area contributed by atoms with Crippen LogP contribution in [0, 0.1) is 5.92 Å². The molecule has 9 nitrogen and oxygen atoms in total. The van der Waals surface area contributed by atoms with Crippen molar-refractivity contribution in [2.75, 3.05) is 50.7 Å². The number of ether oxygens (including phenoxy) is 1. The summed E-state index contributed by atoms with van der Waals surface area (Å²) in [4.78, 5) is 23.7. The van der Waals surface area contributed by atoms with Crippen LogP contribution in [0.25, 0.3) is 0 Å². The molecule has 0 radical (unpaired) electrons. The maximum atomic E-state index is 12.3. The normalized spacial score (nSPS) is 27.6. The number of amides is 1. The maximum Gasteiger partial charge on any atom is 0.410 e. The van der Waals surface area contributed by atoms with E-state index in [-0.39, 0.29) is 12.0 Å². The van der Waals surface area contributed by atoms with Crippen LogP contribution in [0.4, 0.5) is 10.6 Å². The lowest BCUT2D eigenvalue weighted by molar-refractivity contribution is -0.0101. The summed E-state index contributed by atoms with van der Waals surface area (Å²) >= 11 is 0. The van der Waals surface area contributed by atoms with E-state index in [0.29, 0.717) is 12.3 Å². The topological polar surface area (TPSA) is 101 Å². The van der Waals surface area contributed by atoms with E-state index in [2.05, 4.69) is 32.2 Å². The molecule has 4 heterocycles. The molecule has 3 atom stereocenters. The van der Waals surface area contributed by atoms with E-state index in [1.807, 2.05) is 31.9 Å². The number of aliphatic hydroxyl groups excluding tert-OH is 2. The van der Waals surface area contributed by atoms with E-state index in [0.717, 1.165) is 76.5 Å². The average molecular weight is 476 g/mol. The van der Waals surface area contributed by atoms with Crippen LogP contribution in [-0.2, 0) is 4.74 Å². The van der Waals surface area contributed by atoms with Gasteiger partial charge in [-0.05, 0) is 64.0 Å². The van der Waals surface area contributed by atoms with E-state index in [1.165, 1.54) is 0 Å². The number of hydrogen-bond donors (Lipinski definition) is 3. The summed E-state index contributed by atoms with van der Waals surface area (Å²) in [6, 6.07) is 4.11. The molecule has 9 heteroatoms. The van der Waals surface area contributed by atoms with Crippen molar-refractivity contribution >= 4 is 11.9 Å². The number of piperazine rings is 1. The molecule has 0 saturated carbocycles. The van der Waals surface area contributed by atoms with E-state index in [4.69, 9.17) is 4.74 Å². The Morgan fingerprint density at radius 2 is 1.76 bits per heavy atom. The first-order chi connectivity index (χ1) is 16.2. The van der Waals surface area contributed by atoms with Gasteiger partial charge in [-0.3, -0.25) is 10.2 Å². The zero-order chi connectivity index (χ0) is 24.3. The number of carbonyl (C=O) groups is 1. The molecule has 1 aromatic heterocycles. The van der Waals surface area contributed by atoms with Gasteiger partial charge in [0.15, 0.2) is 0 Å². The number of aliphatic hydroxyl groups is 2. The predicted molar refractivity (Wildman–Crippen MR) is 131 cm³/mol. The number of carbonyl (C=O) groups excluding carboxylic acids is 1. The summed E-state index contributed by atoms with van der Waals surface area (Å²) in [5.41, 5.74) is 0.563. The largest absolute Gasteiger partial charge is 0.444 e. The highest BCUT2D eigenvalue weighted by Gasteiger charge is 2.30. The molecule has 0 spiro atoms. The molecule has 3 aliphatic rings. The van der Waals surface area contributed by atoms with Crippen molar-refractivity contribution in [3.8, 4) is 0 Å². The first-order valence-electron chi connectivity index (χ1n) is 12.7. The third-order valence-corrected chi connectivity index (χ3v) is 7.17. The Bertz CT molecular complexity index is 799. The Morgan fingerprint density at radius 3 is 2.35 bits per heavy atom. The quantitative estimate of drug-likeness (QED) is 0.608. The molecule has 1 amide bonds. The second-order valence-electron chi connectivity index (χ2n) is 11.0. The number of pyridine rings is 1. The zero-order valence-corrected chi connectivity index (χ0v) is 20.8. The molecule has 3 saturated heterocycles. The van der Waals surface area contributed by atoms with Crippen LogP contribution in [0.15, 0.2) is 18.3 Å². The van der Waals surface area contributed by atoms with Crippen molar-refractivity contribution in [2.45, 2.75) is 70.4 Å². The number of anilines is 1. The molecule has 3 aliphatic heterocycles. The van der Waals surface area contributed by atoms with Gasteiger partial charge >= 0.3 is 6.09 Å². The molecule has 1 aromatic rings. The lowest BCUT2D eigenvalue weighted by atomic mass is 9.90. The van der Waals surface area contributed by atoms with Crippen LogP contribution in [0.1, 0.15) is 57.9 Å². The summed E-state index contributed by atoms with van der Waals surface area (Å²) in [5, 5.41) is 22.7. The van der Waals surface area contributed by atoms with Crippen LogP contribution in [0.3, 0.4) is 0 Å². The number of rotatable bonds is 4. The van der Waals surface area contributed by atoms with Gasteiger partial charge in [-0.1, -0.05) is 6.07 Å². The van der Waals surface area contributed by atoms with Gasteiger partial charge in [0.1, 0.15) is 23.9 Å². The first kappa shape index (κ1) is 25.2. The number of likely N-dealkylation sites (tertiary alicyclic amines) is 1. The molecule has 3 fully saturated rings. The van der Waals surface area contributed by atoms with Gasteiger partial charge in [0.25, 0.3) is 0 Å². The van der Waals surface area contributed by atoms with Gasteiger partial charge in [-0.2, -0.15) is 0 Å². The van der Waals surface area contributed by atoms with E-state index in [1.54, 1.807) is 0 Å². The summed E-state index contributed by atoms with van der Waals surface area (Å²) < 4.78 is 5.51. The molecular formula is C25H41N5O4. The molecule has 0 aliphatic carbocycles. The van der Waals surface area contributed by atoms with Gasteiger partial charge < -0.3 is 24.7 Å². The minimum absolute atomic E-state index is 0.0384.